The van der Waals surface area contributed by atoms with Crippen LogP contribution in [-0.4, -0.2) is 28.1 Å². The van der Waals surface area contributed by atoms with Gasteiger partial charge in [-0.3, -0.25) is 0 Å². The lowest BCUT2D eigenvalue weighted by atomic mass is 9.96. The van der Waals surface area contributed by atoms with Crippen molar-refractivity contribution in [2.24, 2.45) is 0 Å². The Labute approximate surface area is 122 Å². The highest BCUT2D eigenvalue weighted by Crippen LogP contribution is 2.20. The molecule has 1 aromatic carbocycles. The van der Waals surface area contributed by atoms with Gasteiger partial charge in [0.15, 0.2) is 0 Å². The van der Waals surface area contributed by atoms with Gasteiger partial charge in [0.1, 0.15) is 0 Å². The Bertz CT molecular complexity index is 505. The molecule has 0 spiro atoms. The van der Waals surface area contributed by atoms with Crippen molar-refractivity contribution in [1.82, 2.24) is 10.0 Å². The Kier molecular flexibility index (Phi) is 5.57. The van der Waals surface area contributed by atoms with Crippen LogP contribution in [-0.2, 0) is 16.4 Å². The van der Waals surface area contributed by atoms with E-state index in [1.54, 1.807) is 12.1 Å². The molecule has 0 atom stereocenters. The number of rotatable bonds is 6. The summed E-state index contributed by atoms with van der Waals surface area (Å²) in [6.07, 6.45) is 6.29. The third kappa shape index (κ3) is 4.30. The van der Waals surface area contributed by atoms with E-state index in [0.29, 0.717) is 4.90 Å². The van der Waals surface area contributed by atoms with Crippen molar-refractivity contribution in [1.29, 1.82) is 0 Å². The van der Waals surface area contributed by atoms with Crippen LogP contribution in [0, 0.1) is 0 Å². The highest BCUT2D eigenvalue weighted by Gasteiger charge is 2.21. The van der Waals surface area contributed by atoms with Crippen LogP contribution >= 0.6 is 0 Å². The highest BCUT2D eigenvalue weighted by atomic mass is 32.2. The molecule has 1 aliphatic carbocycles. The summed E-state index contributed by atoms with van der Waals surface area (Å²) in [5, 5.41) is 3.08. The minimum atomic E-state index is -3.36. The Morgan fingerprint density at radius 3 is 2.35 bits per heavy atom. The first-order valence-electron chi connectivity index (χ1n) is 7.38. The molecule has 0 radical (unpaired) electrons. The molecule has 4 nitrogen and oxygen atoms in total. The molecule has 0 unspecified atom stereocenters. The third-order valence-corrected chi connectivity index (χ3v) is 5.36. The summed E-state index contributed by atoms with van der Waals surface area (Å²) in [7, 11) is -1.45. The average Bonchev–Trinajstić information content (AvgIpc) is 2.46. The molecular weight excluding hydrogens is 272 g/mol. The Morgan fingerprint density at radius 2 is 1.75 bits per heavy atom. The van der Waals surface area contributed by atoms with Crippen molar-refractivity contribution >= 4 is 10.0 Å². The fourth-order valence-electron chi connectivity index (χ4n) is 2.61. The van der Waals surface area contributed by atoms with Crippen molar-refractivity contribution in [3.63, 3.8) is 0 Å². The maximum atomic E-state index is 12.3. The lowest BCUT2D eigenvalue weighted by Gasteiger charge is -2.22. The minimum Gasteiger partial charge on any atom is -0.319 e. The van der Waals surface area contributed by atoms with Crippen LogP contribution in [0.1, 0.15) is 37.7 Å². The maximum Gasteiger partial charge on any atom is 0.240 e. The summed E-state index contributed by atoms with van der Waals surface area (Å²) in [6.45, 7) is 0.895. The van der Waals surface area contributed by atoms with Crippen LogP contribution < -0.4 is 10.0 Å². The summed E-state index contributed by atoms with van der Waals surface area (Å²) in [4.78, 5) is 0.372. The molecule has 0 aromatic heterocycles. The molecule has 0 amide bonds. The van der Waals surface area contributed by atoms with E-state index >= 15 is 0 Å². The van der Waals surface area contributed by atoms with Gasteiger partial charge in [-0.05, 0) is 50.6 Å². The molecule has 0 heterocycles. The summed E-state index contributed by atoms with van der Waals surface area (Å²) in [5.74, 6) is 0. The molecule has 0 aliphatic heterocycles. The van der Waals surface area contributed by atoms with Gasteiger partial charge < -0.3 is 5.32 Å². The minimum absolute atomic E-state index is 0.109. The molecule has 1 aromatic rings. The van der Waals surface area contributed by atoms with Crippen LogP contribution in [0.4, 0.5) is 0 Å². The summed E-state index contributed by atoms with van der Waals surface area (Å²) in [6, 6.07) is 7.31. The van der Waals surface area contributed by atoms with Crippen molar-refractivity contribution in [3.8, 4) is 0 Å². The van der Waals surface area contributed by atoms with E-state index in [0.717, 1.165) is 44.2 Å². The first-order valence-corrected chi connectivity index (χ1v) is 8.86. The van der Waals surface area contributed by atoms with E-state index in [1.165, 1.54) is 6.42 Å². The Morgan fingerprint density at radius 1 is 1.10 bits per heavy atom. The number of likely N-dealkylation sites (N-methyl/N-ethyl adjacent to an activating group) is 1. The largest absolute Gasteiger partial charge is 0.319 e. The average molecular weight is 296 g/mol. The van der Waals surface area contributed by atoms with Crippen LogP contribution in [0.3, 0.4) is 0 Å². The van der Waals surface area contributed by atoms with Crippen molar-refractivity contribution in [2.45, 2.75) is 49.5 Å². The first-order chi connectivity index (χ1) is 9.62. The molecule has 112 valence electrons. The molecular formula is C15H24N2O2S. The molecule has 20 heavy (non-hydrogen) atoms. The third-order valence-electron chi connectivity index (χ3n) is 3.82. The van der Waals surface area contributed by atoms with Gasteiger partial charge in [-0.2, -0.15) is 0 Å². The van der Waals surface area contributed by atoms with E-state index in [-0.39, 0.29) is 6.04 Å². The van der Waals surface area contributed by atoms with Gasteiger partial charge in [0.25, 0.3) is 0 Å². The summed E-state index contributed by atoms with van der Waals surface area (Å²) < 4.78 is 27.4. The van der Waals surface area contributed by atoms with Gasteiger partial charge >= 0.3 is 0 Å². The predicted octanol–water partition coefficient (Wildman–Crippen LogP) is 2.06. The van der Waals surface area contributed by atoms with E-state index < -0.39 is 10.0 Å². The molecule has 1 fully saturated rings. The fourth-order valence-corrected chi connectivity index (χ4v) is 3.92. The van der Waals surface area contributed by atoms with E-state index in [4.69, 9.17) is 0 Å². The van der Waals surface area contributed by atoms with Crippen molar-refractivity contribution < 1.29 is 8.42 Å². The second-order valence-corrected chi connectivity index (χ2v) is 7.17. The first kappa shape index (κ1) is 15.5. The molecule has 1 saturated carbocycles. The van der Waals surface area contributed by atoms with Crippen LogP contribution in [0.15, 0.2) is 29.2 Å². The monoisotopic (exact) mass is 296 g/mol. The van der Waals surface area contributed by atoms with Gasteiger partial charge in [0, 0.05) is 6.04 Å². The van der Waals surface area contributed by atoms with Crippen LogP contribution in [0.2, 0.25) is 0 Å². The molecule has 2 N–H and O–H groups in total. The molecule has 0 saturated heterocycles. The Balaban J connectivity index is 2.01. The zero-order valence-electron chi connectivity index (χ0n) is 12.1. The number of hydrogen-bond acceptors (Lipinski definition) is 3. The van der Waals surface area contributed by atoms with Gasteiger partial charge in [0.2, 0.25) is 10.0 Å². The lowest BCUT2D eigenvalue weighted by molar-refractivity contribution is 0.412. The van der Waals surface area contributed by atoms with E-state index in [1.807, 2.05) is 19.2 Å². The predicted molar refractivity (Wildman–Crippen MR) is 81.3 cm³/mol. The molecule has 5 heteroatoms. The van der Waals surface area contributed by atoms with E-state index in [9.17, 15) is 8.42 Å². The summed E-state index contributed by atoms with van der Waals surface area (Å²) >= 11 is 0. The Hall–Kier alpha value is -0.910. The number of hydrogen-bond donors (Lipinski definition) is 2. The number of sulfonamides is 1. The zero-order valence-corrected chi connectivity index (χ0v) is 12.9. The lowest BCUT2D eigenvalue weighted by Crippen LogP contribution is -2.36. The topological polar surface area (TPSA) is 58.2 Å². The zero-order chi connectivity index (χ0) is 14.4. The molecule has 2 rings (SSSR count). The second-order valence-electron chi connectivity index (χ2n) is 5.45. The molecule has 0 bridgehead atoms. The van der Waals surface area contributed by atoms with Gasteiger partial charge in [-0.25, -0.2) is 13.1 Å². The quantitative estimate of drug-likeness (QED) is 0.845. The van der Waals surface area contributed by atoms with Crippen molar-refractivity contribution in [2.75, 3.05) is 13.6 Å². The number of nitrogens with one attached hydrogen (secondary N) is 2. The second kappa shape index (κ2) is 7.20. The standard InChI is InChI=1S/C15H24N2O2S/c1-16-12-11-13-7-9-15(10-8-13)20(18,19)17-14-5-3-2-4-6-14/h7-10,14,16-17H,2-6,11-12H2,1H3. The SMILES string of the molecule is CNCCc1ccc(S(=O)(=O)NC2CCCCC2)cc1. The smallest absolute Gasteiger partial charge is 0.240 e. The normalized spacial score (nSPS) is 17.2. The van der Waals surface area contributed by atoms with Crippen LogP contribution in [0.5, 0.6) is 0 Å². The van der Waals surface area contributed by atoms with E-state index in [2.05, 4.69) is 10.0 Å². The van der Waals surface area contributed by atoms with Crippen molar-refractivity contribution in [3.05, 3.63) is 29.8 Å². The van der Waals surface area contributed by atoms with Gasteiger partial charge in [-0.1, -0.05) is 31.4 Å². The van der Waals surface area contributed by atoms with Gasteiger partial charge in [-0.15, -0.1) is 0 Å². The van der Waals surface area contributed by atoms with Gasteiger partial charge in [0.05, 0.1) is 4.90 Å². The summed E-state index contributed by atoms with van der Waals surface area (Å²) in [5.41, 5.74) is 1.15. The number of benzene rings is 1. The molecule has 1 aliphatic rings. The van der Waals surface area contributed by atoms with Crippen LogP contribution in [0.25, 0.3) is 0 Å². The highest BCUT2D eigenvalue weighted by molar-refractivity contribution is 7.89. The maximum absolute atomic E-state index is 12.3. The fraction of sp³-hybridized carbons (Fsp3) is 0.600.